The van der Waals surface area contributed by atoms with Gasteiger partial charge in [0.25, 0.3) is 5.91 Å². The molecular formula is C28H23ClN4O3. The van der Waals surface area contributed by atoms with Crippen LogP contribution in [-0.4, -0.2) is 20.7 Å². The van der Waals surface area contributed by atoms with Crippen LogP contribution in [0, 0.1) is 0 Å². The lowest BCUT2D eigenvalue weighted by Crippen LogP contribution is -2.18. The monoisotopic (exact) mass is 498 g/mol. The maximum Gasteiger partial charge on any atom is 0.254 e. The zero-order valence-electron chi connectivity index (χ0n) is 19.3. The molecule has 0 aliphatic rings. The van der Waals surface area contributed by atoms with Crippen molar-refractivity contribution in [1.82, 2.24) is 14.8 Å². The number of carbonyl (C=O) groups is 1. The Labute approximate surface area is 213 Å². The van der Waals surface area contributed by atoms with Crippen LogP contribution in [0.4, 0.5) is 5.95 Å². The molecule has 0 saturated heterocycles. The summed E-state index contributed by atoms with van der Waals surface area (Å²) in [4.78, 5) is 17.6. The van der Waals surface area contributed by atoms with Gasteiger partial charge in [-0.1, -0.05) is 66.2 Å². The average molecular weight is 499 g/mol. The van der Waals surface area contributed by atoms with E-state index in [1.54, 1.807) is 30.5 Å². The molecule has 180 valence electrons. The van der Waals surface area contributed by atoms with Crippen LogP contribution in [0.25, 0.3) is 11.6 Å². The maximum absolute atomic E-state index is 13.1. The molecule has 0 fully saturated rings. The Morgan fingerprint density at radius 3 is 2.36 bits per heavy atom. The lowest BCUT2D eigenvalue weighted by atomic mass is 10.1. The number of halogens is 1. The van der Waals surface area contributed by atoms with Gasteiger partial charge < -0.3 is 14.5 Å². The van der Waals surface area contributed by atoms with Gasteiger partial charge in [-0.15, -0.1) is 5.10 Å². The molecule has 3 aromatic carbocycles. The van der Waals surface area contributed by atoms with Gasteiger partial charge in [-0.2, -0.15) is 9.67 Å². The summed E-state index contributed by atoms with van der Waals surface area (Å²) in [5, 5.41) is 8.25. The van der Waals surface area contributed by atoms with Crippen LogP contribution in [0.5, 0.6) is 5.75 Å². The molecule has 0 saturated carbocycles. The Kier molecular flexibility index (Phi) is 7.10. The Balaban J connectivity index is 1.28. The van der Waals surface area contributed by atoms with Crippen molar-refractivity contribution in [2.24, 2.45) is 0 Å². The first-order chi connectivity index (χ1) is 17.6. The van der Waals surface area contributed by atoms with Crippen molar-refractivity contribution in [1.29, 1.82) is 0 Å². The Morgan fingerprint density at radius 1 is 0.889 bits per heavy atom. The predicted molar refractivity (Wildman–Crippen MR) is 138 cm³/mol. The quantitative estimate of drug-likeness (QED) is 0.258. The largest absolute Gasteiger partial charge is 0.489 e. The summed E-state index contributed by atoms with van der Waals surface area (Å²) in [6.07, 6.45) is 1.69. The van der Waals surface area contributed by atoms with Gasteiger partial charge in [0.1, 0.15) is 12.4 Å². The number of rotatable bonds is 9. The van der Waals surface area contributed by atoms with E-state index in [4.69, 9.17) is 20.8 Å². The average Bonchev–Trinajstić information content (AvgIpc) is 3.59. The van der Waals surface area contributed by atoms with Gasteiger partial charge in [0.2, 0.25) is 11.8 Å². The van der Waals surface area contributed by atoms with E-state index in [1.807, 2.05) is 66.7 Å². The van der Waals surface area contributed by atoms with E-state index in [1.165, 1.54) is 4.68 Å². The third-order valence-electron chi connectivity index (χ3n) is 5.48. The Hall–Kier alpha value is -4.36. The molecule has 0 unspecified atom stereocenters. The summed E-state index contributed by atoms with van der Waals surface area (Å²) in [6, 6.07) is 28.4. The van der Waals surface area contributed by atoms with Crippen molar-refractivity contribution in [3.05, 3.63) is 119 Å². The van der Waals surface area contributed by atoms with Crippen molar-refractivity contribution in [3.8, 4) is 17.3 Å². The summed E-state index contributed by atoms with van der Waals surface area (Å²) in [5.74, 6) is 1.70. The number of anilines is 1. The minimum Gasteiger partial charge on any atom is -0.489 e. The number of benzene rings is 3. The fraction of sp³-hybridized carbons (Fsp3) is 0.107. The summed E-state index contributed by atoms with van der Waals surface area (Å²) >= 11 is 5.96. The zero-order chi connectivity index (χ0) is 24.7. The van der Waals surface area contributed by atoms with Crippen molar-refractivity contribution in [3.63, 3.8) is 0 Å². The highest BCUT2D eigenvalue weighted by Gasteiger charge is 2.19. The molecular weight excluding hydrogens is 476 g/mol. The number of hydrogen-bond donors (Lipinski definition) is 1. The highest BCUT2D eigenvalue weighted by molar-refractivity contribution is 6.30. The highest BCUT2D eigenvalue weighted by Crippen LogP contribution is 2.21. The van der Waals surface area contributed by atoms with E-state index in [2.05, 4.69) is 15.4 Å². The molecule has 0 atom stereocenters. The second kappa shape index (κ2) is 10.9. The molecule has 5 rings (SSSR count). The van der Waals surface area contributed by atoms with Crippen LogP contribution < -0.4 is 10.1 Å². The number of ether oxygens (including phenoxy) is 1. The third kappa shape index (κ3) is 5.82. The smallest absolute Gasteiger partial charge is 0.254 e. The summed E-state index contributed by atoms with van der Waals surface area (Å²) < 4.78 is 12.6. The molecule has 0 bridgehead atoms. The molecule has 0 spiro atoms. The SMILES string of the molecule is O=C(Cc1ccc(Cl)cc1)n1nc(-c2ccco2)nc1NCc1ccc(OCc2ccccc2)cc1. The maximum atomic E-state index is 13.1. The first-order valence-corrected chi connectivity index (χ1v) is 11.8. The molecule has 7 nitrogen and oxygen atoms in total. The molecule has 0 radical (unpaired) electrons. The molecule has 0 aliphatic carbocycles. The molecule has 2 aromatic heterocycles. The molecule has 0 amide bonds. The first-order valence-electron chi connectivity index (χ1n) is 11.4. The van der Waals surface area contributed by atoms with Crippen molar-refractivity contribution in [2.75, 3.05) is 5.32 Å². The molecule has 5 aromatic rings. The van der Waals surface area contributed by atoms with Crippen LogP contribution in [0.3, 0.4) is 0 Å². The predicted octanol–water partition coefficient (Wildman–Crippen LogP) is 6.27. The molecule has 8 heteroatoms. The van der Waals surface area contributed by atoms with Crippen LogP contribution in [0.15, 0.2) is 102 Å². The second-order valence-electron chi connectivity index (χ2n) is 8.12. The highest BCUT2D eigenvalue weighted by atomic mass is 35.5. The number of nitrogens with zero attached hydrogens (tertiary/aromatic N) is 3. The molecule has 0 aliphatic heterocycles. The van der Waals surface area contributed by atoms with Crippen LogP contribution in [0.2, 0.25) is 5.02 Å². The van der Waals surface area contributed by atoms with E-state index in [0.717, 1.165) is 22.4 Å². The zero-order valence-corrected chi connectivity index (χ0v) is 20.1. The van der Waals surface area contributed by atoms with Gasteiger partial charge in [0, 0.05) is 11.6 Å². The Morgan fingerprint density at radius 2 is 1.64 bits per heavy atom. The van der Waals surface area contributed by atoms with Gasteiger partial charge in [-0.05, 0) is 53.1 Å². The second-order valence-corrected chi connectivity index (χ2v) is 8.55. The number of furan rings is 1. The van der Waals surface area contributed by atoms with Crippen LogP contribution in [0.1, 0.15) is 21.5 Å². The molecule has 2 heterocycles. The van der Waals surface area contributed by atoms with Crippen LogP contribution >= 0.6 is 11.6 Å². The van der Waals surface area contributed by atoms with Gasteiger partial charge in [0.05, 0.1) is 12.7 Å². The lowest BCUT2D eigenvalue weighted by Gasteiger charge is -2.09. The Bertz CT molecular complexity index is 1410. The topological polar surface area (TPSA) is 82.2 Å². The van der Waals surface area contributed by atoms with E-state index >= 15 is 0 Å². The third-order valence-corrected chi connectivity index (χ3v) is 5.73. The van der Waals surface area contributed by atoms with E-state index in [-0.39, 0.29) is 12.3 Å². The van der Waals surface area contributed by atoms with Gasteiger partial charge >= 0.3 is 0 Å². The number of nitrogens with one attached hydrogen (secondary N) is 1. The van der Waals surface area contributed by atoms with E-state index < -0.39 is 0 Å². The van der Waals surface area contributed by atoms with Crippen molar-refractivity contribution < 1.29 is 13.9 Å². The number of hydrogen-bond acceptors (Lipinski definition) is 6. The van der Waals surface area contributed by atoms with Gasteiger partial charge in [0.15, 0.2) is 5.76 Å². The van der Waals surface area contributed by atoms with E-state index in [9.17, 15) is 4.79 Å². The molecule has 1 N–H and O–H groups in total. The minimum atomic E-state index is -0.227. The summed E-state index contributed by atoms with van der Waals surface area (Å²) in [6.45, 7) is 0.955. The minimum absolute atomic E-state index is 0.153. The lowest BCUT2D eigenvalue weighted by molar-refractivity contribution is 0.0901. The standard InChI is InChI=1S/C28H23ClN4O3/c29-23-12-8-20(9-13-23)17-26(34)33-28(31-27(32-33)25-7-4-16-35-25)30-18-21-10-14-24(15-11-21)36-19-22-5-2-1-3-6-22/h1-16H,17-19H2,(H,30,31,32). The normalized spacial score (nSPS) is 10.8. The van der Waals surface area contributed by atoms with Crippen molar-refractivity contribution >= 4 is 23.5 Å². The summed E-state index contributed by atoms with van der Waals surface area (Å²) in [7, 11) is 0. The van der Waals surface area contributed by atoms with Crippen molar-refractivity contribution in [2.45, 2.75) is 19.6 Å². The first kappa shape index (κ1) is 23.4. The van der Waals surface area contributed by atoms with Gasteiger partial charge in [-0.3, -0.25) is 4.79 Å². The fourth-order valence-electron chi connectivity index (χ4n) is 3.59. The molecule has 36 heavy (non-hydrogen) atoms. The number of aromatic nitrogens is 3. The van der Waals surface area contributed by atoms with E-state index in [0.29, 0.717) is 35.7 Å². The van der Waals surface area contributed by atoms with Gasteiger partial charge in [-0.25, -0.2) is 0 Å². The number of carbonyl (C=O) groups excluding carboxylic acids is 1. The summed E-state index contributed by atoms with van der Waals surface area (Å²) in [5.41, 5.74) is 2.94. The van der Waals surface area contributed by atoms with Crippen LogP contribution in [-0.2, 0) is 19.6 Å². The fourth-order valence-corrected chi connectivity index (χ4v) is 3.71.